The second-order valence-corrected chi connectivity index (χ2v) is 2.82. The van der Waals surface area contributed by atoms with Gasteiger partial charge in [-0.1, -0.05) is 0 Å². The highest BCUT2D eigenvalue weighted by atomic mass is 16.3. The fourth-order valence-corrected chi connectivity index (χ4v) is 1.27. The van der Waals surface area contributed by atoms with Crippen LogP contribution in [-0.4, -0.2) is 25.3 Å². The maximum Gasteiger partial charge on any atom is 0.132 e. The highest BCUT2D eigenvalue weighted by Crippen LogP contribution is 2.38. The van der Waals surface area contributed by atoms with Gasteiger partial charge in [0.15, 0.2) is 0 Å². The zero-order chi connectivity index (χ0) is 10.1. The molecule has 1 aromatic heterocycles. The van der Waals surface area contributed by atoms with Crippen molar-refractivity contribution in [1.82, 2.24) is 9.97 Å². The summed E-state index contributed by atoms with van der Waals surface area (Å²) < 4.78 is 0. The lowest BCUT2D eigenvalue weighted by Crippen LogP contribution is -1.80. The lowest BCUT2D eigenvalue weighted by molar-refractivity contribution is 0.430. The summed E-state index contributed by atoms with van der Waals surface area (Å²) in [7, 11) is 0. The van der Waals surface area contributed by atoms with Gasteiger partial charge >= 0.3 is 0 Å². The van der Waals surface area contributed by atoms with Crippen molar-refractivity contribution < 1.29 is 15.3 Å². The quantitative estimate of drug-likeness (QED) is 0.546. The molecule has 2 aromatic rings. The Balaban J connectivity index is 2.64. The van der Waals surface area contributed by atoms with Gasteiger partial charge in [0, 0.05) is 12.1 Å². The number of H-pyrrole nitrogens is 1. The molecule has 72 valence electrons. The average Bonchev–Trinajstić information content (AvgIpc) is 2.54. The largest absolute Gasteiger partial charge is 0.508 e. The Morgan fingerprint density at radius 1 is 1.07 bits per heavy atom. The Morgan fingerprint density at radius 3 is 2.21 bits per heavy atom. The second-order valence-electron chi connectivity index (χ2n) is 2.82. The highest BCUT2D eigenvalue weighted by molar-refractivity contribution is 5.74. The Bertz CT molecular complexity index is 428. The predicted octanol–water partition coefficient (Wildman–Crippen LogP) is 1.19. The fraction of sp³-hybridized carbons (Fsp3) is 0. The molecule has 0 saturated heterocycles. The third-order valence-corrected chi connectivity index (χ3v) is 1.85. The molecule has 2 rings (SSSR count). The van der Waals surface area contributed by atoms with Crippen LogP contribution in [0.15, 0.2) is 24.7 Å². The van der Waals surface area contributed by atoms with Crippen molar-refractivity contribution in [2.45, 2.75) is 0 Å². The number of imidazole rings is 1. The topological polar surface area (TPSA) is 89.4 Å². The van der Waals surface area contributed by atoms with E-state index in [4.69, 9.17) is 5.11 Å². The number of hydrogen-bond donors (Lipinski definition) is 4. The molecule has 0 bridgehead atoms. The van der Waals surface area contributed by atoms with E-state index in [2.05, 4.69) is 9.97 Å². The van der Waals surface area contributed by atoms with Crippen LogP contribution in [0.25, 0.3) is 11.3 Å². The van der Waals surface area contributed by atoms with E-state index >= 15 is 0 Å². The Labute approximate surface area is 79.3 Å². The number of phenols is 3. The van der Waals surface area contributed by atoms with E-state index in [0.717, 1.165) is 12.1 Å². The predicted molar refractivity (Wildman–Crippen MR) is 49.0 cm³/mol. The number of nitrogens with one attached hydrogen (secondary N) is 1. The first kappa shape index (κ1) is 8.43. The van der Waals surface area contributed by atoms with Gasteiger partial charge in [0.05, 0.1) is 23.8 Å². The van der Waals surface area contributed by atoms with Gasteiger partial charge in [-0.3, -0.25) is 0 Å². The summed E-state index contributed by atoms with van der Waals surface area (Å²) in [4.78, 5) is 6.50. The molecule has 0 radical (unpaired) electrons. The van der Waals surface area contributed by atoms with Gasteiger partial charge in [0.1, 0.15) is 17.2 Å². The number of nitrogens with zero attached hydrogens (tertiary/aromatic N) is 1. The van der Waals surface area contributed by atoms with E-state index in [9.17, 15) is 10.2 Å². The summed E-state index contributed by atoms with van der Waals surface area (Å²) >= 11 is 0. The molecule has 5 heteroatoms. The molecule has 0 atom stereocenters. The highest BCUT2D eigenvalue weighted by Gasteiger charge is 2.12. The number of aromatic amines is 1. The van der Waals surface area contributed by atoms with Crippen LogP contribution in [0.1, 0.15) is 0 Å². The molecular formula is C9H8N2O3. The lowest BCUT2D eigenvalue weighted by Gasteiger charge is -2.05. The first-order valence-electron chi connectivity index (χ1n) is 3.92. The van der Waals surface area contributed by atoms with E-state index in [1.54, 1.807) is 0 Å². The summed E-state index contributed by atoms with van der Waals surface area (Å²) in [5, 5.41) is 28.0. The fourth-order valence-electron chi connectivity index (χ4n) is 1.27. The molecule has 0 unspecified atom stereocenters. The molecule has 5 nitrogen and oxygen atoms in total. The van der Waals surface area contributed by atoms with Crippen molar-refractivity contribution in [1.29, 1.82) is 0 Å². The first-order chi connectivity index (χ1) is 6.68. The summed E-state index contributed by atoms with van der Waals surface area (Å²) in [5.74, 6) is -0.596. The van der Waals surface area contributed by atoms with Crippen molar-refractivity contribution in [3.63, 3.8) is 0 Å². The minimum Gasteiger partial charge on any atom is -0.508 e. The number of aromatic nitrogens is 2. The van der Waals surface area contributed by atoms with Gasteiger partial charge in [-0.25, -0.2) is 4.98 Å². The molecule has 0 amide bonds. The summed E-state index contributed by atoms with van der Waals surface area (Å²) in [6.07, 6.45) is 2.90. The maximum absolute atomic E-state index is 9.48. The number of benzene rings is 1. The van der Waals surface area contributed by atoms with E-state index in [1.165, 1.54) is 12.5 Å². The summed E-state index contributed by atoms with van der Waals surface area (Å²) in [6, 6.07) is 2.30. The van der Waals surface area contributed by atoms with Crippen molar-refractivity contribution >= 4 is 0 Å². The van der Waals surface area contributed by atoms with Crippen LogP contribution in [0, 0.1) is 0 Å². The van der Waals surface area contributed by atoms with Crippen LogP contribution < -0.4 is 0 Å². The van der Waals surface area contributed by atoms with Crippen LogP contribution >= 0.6 is 0 Å². The molecule has 0 aliphatic carbocycles. The zero-order valence-corrected chi connectivity index (χ0v) is 7.10. The van der Waals surface area contributed by atoms with Crippen LogP contribution in [0.4, 0.5) is 0 Å². The monoisotopic (exact) mass is 192 g/mol. The molecule has 0 spiro atoms. The zero-order valence-electron chi connectivity index (χ0n) is 7.10. The number of rotatable bonds is 1. The minimum atomic E-state index is -0.202. The lowest BCUT2D eigenvalue weighted by atomic mass is 10.1. The molecule has 4 N–H and O–H groups in total. The van der Waals surface area contributed by atoms with Crippen LogP contribution in [0.5, 0.6) is 17.2 Å². The molecule has 14 heavy (non-hydrogen) atoms. The summed E-state index contributed by atoms with van der Waals surface area (Å²) in [6.45, 7) is 0. The first-order valence-corrected chi connectivity index (χ1v) is 3.92. The van der Waals surface area contributed by atoms with Gasteiger partial charge in [-0.2, -0.15) is 0 Å². The molecule has 1 heterocycles. The van der Waals surface area contributed by atoms with Crippen molar-refractivity contribution in [2.75, 3.05) is 0 Å². The molecule has 0 aliphatic heterocycles. The van der Waals surface area contributed by atoms with Gasteiger partial charge in [-0.05, 0) is 0 Å². The van der Waals surface area contributed by atoms with Crippen molar-refractivity contribution in [3.8, 4) is 28.5 Å². The van der Waals surface area contributed by atoms with Crippen molar-refractivity contribution in [3.05, 3.63) is 24.7 Å². The third-order valence-electron chi connectivity index (χ3n) is 1.85. The van der Waals surface area contributed by atoms with Gasteiger partial charge in [0.25, 0.3) is 0 Å². The number of aromatic hydroxyl groups is 3. The molecule has 0 fully saturated rings. The number of phenolic OH excluding ortho intramolecular Hbond substituents is 3. The van der Waals surface area contributed by atoms with Crippen molar-refractivity contribution in [2.24, 2.45) is 0 Å². The molecule has 1 aromatic carbocycles. The molecule has 0 aliphatic rings. The summed E-state index contributed by atoms with van der Waals surface area (Å²) in [5.41, 5.74) is 0.709. The Hall–Kier alpha value is -2.17. The van der Waals surface area contributed by atoms with Crippen LogP contribution in [-0.2, 0) is 0 Å². The van der Waals surface area contributed by atoms with E-state index in [-0.39, 0.29) is 22.8 Å². The smallest absolute Gasteiger partial charge is 0.132 e. The molecular weight excluding hydrogens is 184 g/mol. The van der Waals surface area contributed by atoms with Crippen LogP contribution in [0.3, 0.4) is 0 Å². The maximum atomic E-state index is 9.48. The van der Waals surface area contributed by atoms with E-state index in [0.29, 0.717) is 5.69 Å². The van der Waals surface area contributed by atoms with Gasteiger partial charge in [-0.15, -0.1) is 0 Å². The minimum absolute atomic E-state index is 0.191. The standard InChI is InChI=1S/C9H8N2O3/c12-5-1-7(13)9(8(14)2-5)6-3-10-4-11-6/h1-4,12-14H,(H,10,11). The Morgan fingerprint density at radius 2 is 1.71 bits per heavy atom. The average molecular weight is 192 g/mol. The number of hydrogen-bond acceptors (Lipinski definition) is 4. The van der Waals surface area contributed by atoms with E-state index < -0.39 is 0 Å². The Kier molecular flexibility index (Phi) is 1.78. The van der Waals surface area contributed by atoms with Crippen LogP contribution in [0.2, 0.25) is 0 Å². The van der Waals surface area contributed by atoms with Gasteiger partial charge in [0.2, 0.25) is 0 Å². The normalized spacial score (nSPS) is 10.3. The third kappa shape index (κ3) is 1.24. The molecule has 0 saturated carbocycles. The van der Waals surface area contributed by atoms with E-state index in [1.807, 2.05) is 0 Å². The second kappa shape index (κ2) is 2.95. The SMILES string of the molecule is Oc1cc(O)c(-c2cnc[nH]2)c(O)c1. The van der Waals surface area contributed by atoms with Gasteiger partial charge < -0.3 is 20.3 Å².